The lowest BCUT2D eigenvalue weighted by atomic mass is 10.1. The fourth-order valence-corrected chi connectivity index (χ4v) is 1.94. The number of hydrogen-bond donors (Lipinski definition) is 1. The molecule has 0 aromatic heterocycles. The Bertz CT molecular complexity index is 567. The number of carbonyl (C=O) groups is 3. The average molecular weight is 251 g/mol. The van der Waals surface area contributed by atoms with Gasteiger partial charge in [-0.15, -0.1) is 0 Å². The standard InChI is InChI=1S/C12H10FNO4/c1-6-4-7-10(8(13)5-6)14(3-2-9(15)16)12(18)11(7)17/h4-5H,2-3H2,1H3,(H,15,16). The molecule has 2 rings (SSSR count). The number of aryl methyl sites for hydroxylation is 1. The molecule has 1 aliphatic heterocycles. The molecule has 0 radical (unpaired) electrons. The molecule has 1 N–H and O–H groups in total. The third kappa shape index (κ3) is 1.85. The summed E-state index contributed by atoms with van der Waals surface area (Å²) >= 11 is 0. The molecule has 0 atom stereocenters. The number of anilines is 1. The van der Waals surface area contributed by atoms with E-state index in [9.17, 15) is 18.8 Å². The van der Waals surface area contributed by atoms with E-state index in [4.69, 9.17) is 5.11 Å². The fraction of sp³-hybridized carbons (Fsp3) is 0.250. The summed E-state index contributed by atoms with van der Waals surface area (Å²) in [5.74, 6) is -3.47. The molecular weight excluding hydrogens is 241 g/mol. The van der Waals surface area contributed by atoms with Crippen LogP contribution in [-0.2, 0) is 9.59 Å². The first kappa shape index (κ1) is 12.2. The second-order valence-electron chi connectivity index (χ2n) is 4.07. The number of Topliss-reactive ketones (excluding diaryl/α,β-unsaturated/α-hetero) is 1. The minimum absolute atomic E-state index is 0.00267. The van der Waals surface area contributed by atoms with Gasteiger partial charge in [-0.3, -0.25) is 14.4 Å². The molecule has 1 heterocycles. The van der Waals surface area contributed by atoms with Crippen molar-refractivity contribution in [3.05, 3.63) is 29.1 Å². The first-order valence-electron chi connectivity index (χ1n) is 5.30. The summed E-state index contributed by atoms with van der Waals surface area (Å²) in [4.78, 5) is 34.7. The number of rotatable bonds is 3. The molecule has 1 aromatic carbocycles. The zero-order chi connectivity index (χ0) is 13.4. The molecular formula is C12H10FNO4. The van der Waals surface area contributed by atoms with Gasteiger partial charge in [-0.05, 0) is 24.6 Å². The van der Waals surface area contributed by atoms with Gasteiger partial charge >= 0.3 is 5.97 Å². The van der Waals surface area contributed by atoms with Crippen LogP contribution in [0.5, 0.6) is 0 Å². The number of aliphatic carboxylic acids is 1. The van der Waals surface area contributed by atoms with E-state index in [1.807, 2.05) is 0 Å². The smallest absolute Gasteiger partial charge is 0.305 e. The van der Waals surface area contributed by atoms with Crippen LogP contribution < -0.4 is 4.90 Å². The zero-order valence-corrected chi connectivity index (χ0v) is 9.57. The molecule has 1 aliphatic rings. The Labute approximate surface area is 102 Å². The van der Waals surface area contributed by atoms with E-state index in [1.165, 1.54) is 12.1 Å². The van der Waals surface area contributed by atoms with Gasteiger partial charge in [0.05, 0.1) is 17.7 Å². The molecule has 0 spiro atoms. The van der Waals surface area contributed by atoms with Crippen molar-refractivity contribution in [3.63, 3.8) is 0 Å². The summed E-state index contributed by atoms with van der Waals surface area (Å²) in [6.07, 6.45) is -0.341. The molecule has 0 saturated carbocycles. The Morgan fingerprint density at radius 1 is 1.39 bits per heavy atom. The van der Waals surface area contributed by atoms with Gasteiger partial charge in [0.25, 0.3) is 11.7 Å². The van der Waals surface area contributed by atoms with Crippen molar-refractivity contribution in [1.29, 1.82) is 0 Å². The quantitative estimate of drug-likeness (QED) is 0.817. The minimum Gasteiger partial charge on any atom is -0.481 e. The van der Waals surface area contributed by atoms with Gasteiger partial charge in [0.15, 0.2) is 0 Å². The van der Waals surface area contributed by atoms with Crippen LogP contribution in [0.2, 0.25) is 0 Å². The van der Waals surface area contributed by atoms with Gasteiger partial charge in [-0.1, -0.05) is 0 Å². The molecule has 1 aromatic rings. The van der Waals surface area contributed by atoms with Crippen molar-refractivity contribution in [2.24, 2.45) is 0 Å². The predicted molar refractivity (Wildman–Crippen MR) is 60.1 cm³/mol. The van der Waals surface area contributed by atoms with E-state index in [1.54, 1.807) is 6.92 Å². The zero-order valence-electron chi connectivity index (χ0n) is 9.57. The monoisotopic (exact) mass is 251 g/mol. The van der Waals surface area contributed by atoms with Crippen LogP contribution in [0.3, 0.4) is 0 Å². The molecule has 0 bridgehead atoms. The average Bonchev–Trinajstić information content (AvgIpc) is 2.51. The highest BCUT2D eigenvalue weighted by molar-refractivity contribution is 6.52. The number of amides is 1. The van der Waals surface area contributed by atoms with Crippen molar-refractivity contribution in [3.8, 4) is 0 Å². The number of halogens is 1. The molecule has 1 amide bonds. The second kappa shape index (κ2) is 4.21. The SMILES string of the molecule is Cc1cc(F)c2c(c1)C(=O)C(=O)N2CCC(=O)O. The minimum atomic E-state index is -1.11. The van der Waals surface area contributed by atoms with E-state index in [2.05, 4.69) is 0 Å². The van der Waals surface area contributed by atoms with E-state index in [0.717, 1.165) is 4.90 Å². The first-order valence-corrected chi connectivity index (χ1v) is 5.30. The molecule has 0 fully saturated rings. The lowest BCUT2D eigenvalue weighted by Gasteiger charge is -2.15. The van der Waals surface area contributed by atoms with E-state index >= 15 is 0 Å². The number of carbonyl (C=O) groups excluding carboxylic acids is 2. The summed E-state index contributed by atoms with van der Waals surface area (Å²) in [5.41, 5.74) is 0.423. The fourth-order valence-electron chi connectivity index (χ4n) is 1.94. The van der Waals surface area contributed by atoms with Crippen LogP contribution in [0.1, 0.15) is 22.3 Å². The Morgan fingerprint density at radius 3 is 2.67 bits per heavy atom. The van der Waals surface area contributed by atoms with Gasteiger partial charge in [0.2, 0.25) is 0 Å². The molecule has 0 unspecified atom stereocenters. The maximum atomic E-state index is 13.8. The lowest BCUT2D eigenvalue weighted by Crippen LogP contribution is -2.32. The van der Waals surface area contributed by atoms with Gasteiger partial charge < -0.3 is 10.0 Å². The Kier molecular flexibility index (Phi) is 2.86. The van der Waals surface area contributed by atoms with Crippen molar-refractivity contribution >= 4 is 23.3 Å². The van der Waals surface area contributed by atoms with E-state index in [0.29, 0.717) is 5.56 Å². The summed E-state index contributed by atoms with van der Waals surface area (Å²) in [5, 5.41) is 8.57. The first-order chi connectivity index (χ1) is 8.41. The highest BCUT2D eigenvalue weighted by Gasteiger charge is 2.38. The Hall–Kier alpha value is -2.24. The van der Waals surface area contributed by atoms with Crippen LogP contribution in [0.25, 0.3) is 0 Å². The van der Waals surface area contributed by atoms with E-state index < -0.39 is 23.5 Å². The summed E-state index contributed by atoms with van der Waals surface area (Å²) in [7, 11) is 0. The van der Waals surface area contributed by atoms with E-state index in [-0.39, 0.29) is 24.2 Å². The highest BCUT2D eigenvalue weighted by Crippen LogP contribution is 2.32. The summed E-state index contributed by atoms with van der Waals surface area (Å²) < 4.78 is 13.8. The molecule has 0 aliphatic carbocycles. The summed E-state index contributed by atoms with van der Waals surface area (Å²) in [6.45, 7) is 1.40. The van der Waals surface area contributed by atoms with Crippen molar-refractivity contribution < 1.29 is 23.9 Å². The van der Waals surface area contributed by atoms with Crippen LogP contribution >= 0.6 is 0 Å². The maximum absolute atomic E-state index is 13.8. The van der Waals surface area contributed by atoms with Crippen molar-refractivity contribution in [2.45, 2.75) is 13.3 Å². The normalized spacial score (nSPS) is 14.0. The number of nitrogens with zero attached hydrogens (tertiary/aromatic N) is 1. The molecule has 18 heavy (non-hydrogen) atoms. The number of fused-ring (bicyclic) bond motifs is 1. The van der Waals surface area contributed by atoms with Gasteiger partial charge in [-0.25, -0.2) is 4.39 Å². The van der Waals surface area contributed by atoms with Crippen molar-refractivity contribution in [1.82, 2.24) is 0 Å². The van der Waals surface area contributed by atoms with Crippen molar-refractivity contribution in [2.75, 3.05) is 11.4 Å². The van der Waals surface area contributed by atoms with Crippen LogP contribution in [0, 0.1) is 12.7 Å². The third-order valence-electron chi connectivity index (χ3n) is 2.71. The number of carboxylic acids is 1. The Balaban J connectivity index is 2.45. The van der Waals surface area contributed by atoms with Gasteiger partial charge in [0, 0.05) is 6.54 Å². The predicted octanol–water partition coefficient (Wildman–Crippen LogP) is 1.14. The van der Waals surface area contributed by atoms with Gasteiger partial charge in [0.1, 0.15) is 5.82 Å². The molecule has 5 nitrogen and oxygen atoms in total. The second-order valence-corrected chi connectivity index (χ2v) is 4.07. The summed E-state index contributed by atoms with van der Waals surface area (Å²) in [6, 6.07) is 2.64. The topological polar surface area (TPSA) is 74.7 Å². The Morgan fingerprint density at radius 2 is 2.06 bits per heavy atom. The number of benzene rings is 1. The van der Waals surface area contributed by atoms with Gasteiger partial charge in [-0.2, -0.15) is 0 Å². The van der Waals surface area contributed by atoms with Crippen LogP contribution in [0.15, 0.2) is 12.1 Å². The lowest BCUT2D eigenvalue weighted by molar-refractivity contribution is -0.136. The third-order valence-corrected chi connectivity index (χ3v) is 2.71. The largest absolute Gasteiger partial charge is 0.481 e. The number of carboxylic acid groups (broad SMARTS) is 1. The van der Waals surface area contributed by atoms with Crippen LogP contribution in [-0.4, -0.2) is 29.3 Å². The number of ketones is 1. The highest BCUT2D eigenvalue weighted by atomic mass is 19.1. The molecule has 6 heteroatoms. The maximum Gasteiger partial charge on any atom is 0.305 e. The number of hydrogen-bond acceptors (Lipinski definition) is 3. The van der Waals surface area contributed by atoms with Crippen LogP contribution in [0.4, 0.5) is 10.1 Å². The molecule has 0 saturated heterocycles. The molecule has 94 valence electrons.